The molecule has 0 aromatic heterocycles. The van der Waals surface area contributed by atoms with Crippen molar-refractivity contribution in [3.63, 3.8) is 0 Å². The molecule has 1 aliphatic heterocycles. The molecular weight excluding hydrogens is 417 g/mol. The molecule has 0 bridgehead atoms. The van der Waals surface area contributed by atoms with Crippen molar-refractivity contribution in [3.8, 4) is 0 Å². The van der Waals surface area contributed by atoms with Crippen LogP contribution in [0.3, 0.4) is 0 Å². The Morgan fingerprint density at radius 3 is 1.59 bits per heavy atom. The number of nitrogens with one attached hydrogen (secondary N) is 1. The van der Waals surface area contributed by atoms with Gasteiger partial charge in [-0.3, -0.25) is 10.4 Å². The van der Waals surface area contributed by atoms with Gasteiger partial charge in [0.25, 0.3) is 0 Å². The Bertz CT molecular complexity index is 1110. The largest absolute Gasteiger partial charge is 0.261 e. The summed E-state index contributed by atoms with van der Waals surface area (Å²) in [5.74, 6) is 1.18. The normalized spacial score (nSPS) is 15.1. The van der Waals surface area contributed by atoms with Crippen LogP contribution in [0.1, 0.15) is 5.56 Å². The van der Waals surface area contributed by atoms with E-state index in [0.717, 1.165) is 16.9 Å². The molecule has 0 spiro atoms. The number of anilines is 2. The Balaban J connectivity index is 1.83. The molecule has 1 N–H and O–H groups in total. The van der Waals surface area contributed by atoms with Gasteiger partial charge in [0.05, 0.1) is 11.4 Å². The number of rotatable bonds is 6. The molecule has 0 saturated carbocycles. The van der Waals surface area contributed by atoms with Crippen LogP contribution in [-0.2, 0) is 0 Å². The molecule has 0 saturated heterocycles. The average Bonchev–Trinajstić information content (AvgIpc) is 2.83. The molecule has 0 radical (unpaired) electrons. The van der Waals surface area contributed by atoms with E-state index in [0.29, 0.717) is 11.8 Å². The highest BCUT2D eigenvalue weighted by atomic mass is 31.2. The Labute approximate surface area is 189 Å². The minimum Gasteiger partial charge on any atom is -0.261 e. The summed E-state index contributed by atoms with van der Waals surface area (Å²) in [5.41, 5.74) is 6.39. The van der Waals surface area contributed by atoms with E-state index in [1.54, 1.807) is 0 Å². The maximum Gasteiger partial charge on any atom is 0.246 e. The third-order valence-electron chi connectivity index (χ3n) is 5.02. The molecule has 8 heteroatoms. The summed E-state index contributed by atoms with van der Waals surface area (Å²) in [6, 6.07) is 30.3. The lowest BCUT2D eigenvalue weighted by molar-refractivity contribution is 0.561. The lowest BCUT2D eigenvalue weighted by Gasteiger charge is -2.35. The van der Waals surface area contributed by atoms with Crippen LogP contribution in [0.25, 0.3) is 0 Å². The Morgan fingerprint density at radius 2 is 1.12 bits per heavy atom. The van der Waals surface area contributed by atoms with Gasteiger partial charge in [0.2, 0.25) is 13.5 Å². The molecule has 32 heavy (non-hydrogen) atoms. The highest BCUT2D eigenvalue weighted by Crippen LogP contribution is 2.56. The second-order valence-corrected chi connectivity index (χ2v) is 10.7. The molecule has 164 valence electrons. The van der Waals surface area contributed by atoms with Crippen molar-refractivity contribution in [2.45, 2.75) is 0 Å². The number of aliphatic imine (C=N–C) groups is 1. The molecule has 1 heterocycles. The molecule has 0 unspecified atom stereocenters. The van der Waals surface area contributed by atoms with Crippen molar-refractivity contribution >= 4 is 30.7 Å². The fourth-order valence-corrected chi connectivity index (χ4v) is 5.66. The molecule has 0 aliphatic carbocycles. The number of hydrogen-bond acceptors (Lipinski definition) is 7. The minimum atomic E-state index is -2.39. The standard InChI is InChI=1S/C24H28N7P/c1-29(2)32(30(3)4)27-23(20-14-8-5-9-15-20)25-24(28-32)26-31(21-16-10-6-11-17-21)22-18-12-7-13-19-22/h5-19H,1-4H3,(H,26,28). The van der Waals surface area contributed by atoms with Crippen molar-refractivity contribution in [2.75, 3.05) is 33.2 Å². The number of hydrazine groups is 1. The summed E-state index contributed by atoms with van der Waals surface area (Å²) in [4.78, 5) is 4.82. The third kappa shape index (κ3) is 4.50. The number of guanidine groups is 1. The van der Waals surface area contributed by atoms with Crippen molar-refractivity contribution < 1.29 is 0 Å². The number of nitrogens with zero attached hydrogens (tertiary/aromatic N) is 6. The quantitative estimate of drug-likeness (QED) is 0.418. The van der Waals surface area contributed by atoms with Crippen molar-refractivity contribution in [1.29, 1.82) is 0 Å². The average molecular weight is 446 g/mol. The smallest absolute Gasteiger partial charge is 0.246 e. The van der Waals surface area contributed by atoms with Gasteiger partial charge in [-0.05, 0) is 52.5 Å². The van der Waals surface area contributed by atoms with Crippen LogP contribution in [0.4, 0.5) is 11.4 Å². The van der Waals surface area contributed by atoms with Crippen LogP contribution in [0.2, 0.25) is 0 Å². The highest BCUT2D eigenvalue weighted by Gasteiger charge is 2.31. The van der Waals surface area contributed by atoms with Crippen molar-refractivity contribution in [1.82, 2.24) is 14.8 Å². The maximum absolute atomic E-state index is 5.05. The van der Waals surface area contributed by atoms with E-state index < -0.39 is 7.51 Å². The number of para-hydroxylation sites is 2. The van der Waals surface area contributed by atoms with Gasteiger partial charge in [-0.25, -0.2) is 9.34 Å². The van der Waals surface area contributed by atoms with Crippen LogP contribution in [-0.4, -0.2) is 49.3 Å². The van der Waals surface area contributed by atoms with Gasteiger partial charge in [-0.2, -0.15) is 14.5 Å². The first-order valence-electron chi connectivity index (χ1n) is 10.4. The fourth-order valence-electron chi connectivity index (χ4n) is 3.43. The fraction of sp³-hybridized carbons (Fsp3) is 0.167. The lowest BCUT2D eigenvalue weighted by Crippen LogP contribution is -2.40. The van der Waals surface area contributed by atoms with Gasteiger partial charge in [0.15, 0.2) is 5.84 Å². The SMILES string of the molecule is CN(C)P1(N(C)C)=NC(c2ccccc2)=NC(NN(c2ccccc2)c2ccccc2)=N1. The summed E-state index contributed by atoms with van der Waals surface area (Å²) >= 11 is 0. The molecule has 1 aliphatic rings. The summed E-state index contributed by atoms with van der Waals surface area (Å²) in [5, 5.41) is 2.00. The van der Waals surface area contributed by atoms with Crippen LogP contribution in [0.15, 0.2) is 105 Å². The summed E-state index contributed by atoms with van der Waals surface area (Å²) in [6.07, 6.45) is 0. The first-order chi connectivity index (χ1) is 15.5. The van der Waals surface area contributed by atoms with E-state index in [9.17, 15) is 0 Å². The highest BCUT2D eigenvalue weighted by molar-refractivity contribution is 7.60. The van der Waals surface area contributed by atoms with Crippen molar-refractivity contribution in [3.05, 3.63) is 96.6 Å². The predicted octanol–water partition coefficient (Wildman–Crippen LogP) is 5.22. The zero-order valence-electron chi connectivity index (χ0n) is 18.8. The van der Waals surface area contributed by atoms with Crippen LogP contribution in [0, 0.1) is 0 Å². The summed E-state index contributed by atoms with van der Waals surface area (Å²) < 4.78 is 14.3. The second-order valence-electron chi connectivity index (χ2n) is 7.67. The van der Waals surface area contributed by atoms with E-state index in [1.807, 2.05) is 99.9 Å². The van der Waals surface area contributed by atoms with Crippen LogP contribution >= 0.6 is 7.51 Å². The molecule has 7 nitrogen and oxygen atoms in total. The molecular formula is C24H28N7P. The first-order valence-corrected chi connectivity index (χ1v) is 12.0. The van der Waals surface area contributed by atoms with Crippen molar-refractivity contribution in [2.24, 2.45) is 14.5 Å². The van der Waals surface area contributed by atoms with Gasteiger partial charge in [-0.1, -0.05) is 66.7 Å². The summed E-state index contributed by atoms with van der Waals surface area (Å²) in [7, 11) is 5.66. The molecule has 0 atom stereocenters. The van der Waals surface area contributed by atoms with Gasteiger partial charge in [-0.15, -0.1) is 0 Å². The Kier molecular flexibility index (Phi) is 6.51. The maximum atomic E-state index is 5.05. The molecule has 0 fully saturated rings. The zero-order chi connectivity index (χ0) is 22.6. The summed E-state index contributed by atoms with van der Waals surface area (Å²) in [6.45, 7) is 0. The molecule has 3 aromatic rings. The minimum absolute atomic E-state index is 0.516. The van der Waals surface area contributed by atoms with E-state index in [4.69, 9.17) is 14.5 Å². The van der Waals surface area contributed by atoms with Gasteiger partial charge < -0.3 is 0 Å². The predicted molar refractivity (Wildman–Crippen MR) is 135 cm³/mol. The second kappa shape index (κ2) is 9.49. The van der Waals surface area contributed by atoms with Crippen LogP contribution < -0.4 is 10.4 Å². The van der Waals surface area contributed by atoms with E-state index in [1.165, 1.54) is 0 Å². The number of amidine groups is 1. The van der Waals surface area contributed by atoms with E-state index >= 15 is 0 Å². The molecule has 0 amide bonds. The number of benzene rings is 3. The van der Waals surface area contributed by atoms with Gasteiger partial charge in [0, 0.05) is 5.56 Å². The zero-order valence-corrected chi connectivity index (χ0v) is 19.7. The molecule has 3 aromatic carbocycles. The number of hydrogen-bond donors (Lipinski definition) is 1. The van der Waals surface area contributed by atoms with Gasteiger partial charge in [0.1, 0.15) is 0 Å². The lowest BCUT2D eigenvalue weighted by atomic mass is 10.2. The Morgan fingerprint density at radius 1 is 0.656 bits per heavy atom. The first kappa shape index (κ1) is 22.0. The Hall–Kier alpha value is -3.25. The van der Waals surface area contributed by atoms with E-state index in [2.05, 4.69) is 39.0 Å². The molecule has 4 rings (SSSR count). The monoisotopic (exact) mass is 445 g/mol. The van der Waals surface area contributed by atoms with Crippen LogP contribution in [0.5, 0.6) is 0 Å². The van der Waals surface area contributed by atoms with Gasteiger partial charge >= 0.3 is 0 Å². The topological polar surface area (TPSA) is 58.8 Å². The third-order valence-corrected chi connectivity index (χ3v) is 8.08. The van der Waals surface area contributed by atoms with E-state index in [-0.39, 0.29) is 0 Å².